The summed E-state index contributed by atoms with van der Waals surface area (Å²) in [5, 5.41) is 14.1. The zero-order chi connectivity index (χ0) is 14.2. The lowest BCUT2D eigenvalue weighted by atomic mass is 10.4. The summed E-state index contributed by atoms with van der Waals surface area (Å²) in [6.45, 7) is 3.62. The third-order valence-corrected chi connectivity index (χ3v) is 6.48. The number of nitrogens with zero attached hydrogens (tertiary/aromatic N) is 5. The highest BCUT2D eigenvalue weighted by molar-refractivity contribution is 14.1. The predicted octanol–water partition coefficient (Wildman–Crippen LogP) is 2.96. The molecule has 106 valence electrons. The minimum absolute atomic E-state index is 0.696. The molecule has 0 unspecified atom stereocenters. The lowest BCUT2D eigenvalue weighted by molar-refractivity contribution is 0.624. The molecular weight excluding hydrogens is 441 g/mol. The second-order valence-corrected chi connectivity index (χ2v) is 10.8. The topological polar surface area (TPSA) is 48.5 Å². The van der Waals surface area contributed by atoms with Crippen molar-refractivity contribution in [3.8, 4) is 0 Å². The van der Waals surface area contributed by atoms with E-state index in [9.17, 15) is 0 Å². The Kier molecular flexibility index (Phi) is 4.61. The summed E-state index contributed by atoms with van der Waals surface area (Å²) in [5.41, 5.74) is 1.13. The molecule has 19 heavy (non-hydrogen) atoms. The van der Waals surface area contributed by atoms with Crippen molar-refractivity contribution in [2.75, 3.05) is 18.8 Å². The van der Waals surface area contributed by atoms with E-state index in [1.54, 1.807) is 0 Å². The minimum Gasteiger partial charge on any atom is -0.258 e. The quantitative estimate of drug-likeness (QED) is 0.663. The van der Waals surface area contributed by atoms with Gasteiger partial charge < -0.3 is 0 Å². The number of rotatable bonds is 4. The van der Waals surface area contributed by atoms with E-state index in [0.717, 1.165) is 25.4 Å². The Balaban J connectivity index is 2.29. The normalized spacial score (nSPS) is 12.9. The molecule has 0 bridgehead atoms. The van der Waals surface area contributed by atoms with Crippen LogP contribution in [-0.2, 0) is 13.1 Å². The van der Waals surface area contributed by atoms with Crippen molar-refractivity contribution in [2.24, 2.45) is 0 Å². The van der Waals surface area contributed by atoms with Gasteiger partial charge in [-0.25, -0.2) is 14.7 Å². The van der Waals surface area contributed by atoms with E-state index in [0.29, 0.717) is 6.54 Å². The lowest BCUT2D eigenvalue weighted by Crippen LogP contribution is -2.05. The van der Waals surface area contributed by atoms with Gasteiger partial charge in [0.25, 0.3) is 0 Å². The summed E-state index contributed by atoms with van der Waals surface area (Å²) in [7, 11) is -0.849. The van der Waals surface area contributed by atoms with Gasteiger partial charge in [-0.3, -0.25) is 4.68 Å². The lowest BCUT2D eigenvalue weighted by Gasteiger charge is -2.22. The second kappa shape index (κ2) is 5.72. The van der Waals surface area contributed by atoms with Crippen LogP contribution in [0.4, 0.5) is 0 Å². The maximum Gasteiger partial charge on any atom is 0.134 e. The number of hydrogen-bond acceptors (Lipinski definition) is 3. The first-order valence-electron chi connectivity index (χ1n) is 5.82. The van der Waals surface area contributed by atoms with Gasteiger partial charge in [0.05, 0.1) is 12.7 Å². The molecule has 0 fully saturated rings. The smallest absolute Gasteiger partial charge is 0.134 e. The first-order valence-corrected chi connectivity index (χ1v) is 10.5. The number of hydrogen-bond donors (Lipinski definition) is 0. The largest absolute Gasteiger partial charge is 0.258 e. The summed E-state index contributed by atoms with van der Waals surface area (Å²) in [4.78, 5) is 0. The van der Waals surface area contributed by atoms with Gasteiger partial charge in [0.15, 0.2) is 0 Å². The fourth-order valence-corrected chi connectivity index (χ4v) is 5.48. The zero-order valence-corrected chi connectivity index (χ0v) is 16.0. The maximum atomic E-state index is 4.34. The van der Waals surface area contributed by atoms with Crippen molar-refractivity contribution in [2.45, 2.75) is 25.0 Å². The van der Waals surface area contributed by atoms with Crippen LogP contribution in [0.3, 0.4) is 0 Å². The van der Waals surface area contributed by atoms with E-state index in [1.165, 1.54) is 0 Å². The van der Waals surface area contributed by atoms with Crippen LogP contribution in [0.5, 0.6) is 0 Å². The maximum absolute atomic E-state index is 4.34. The van der Waals surface area contributed by atoms with Crippen LogP contribution in [0.15, 0.2) is 15.8 Å². The van der Waals surface area contributed by atoms with E-state index in [4.69, 9.17) is 0 Å². The second-order valence-electron chi connectivity index (χ2n) is 4.96. The minimum atomic E-state index is -0.849. The molecule has 2 rings (SSSR count). The van der Waals surface area contributed by atoms with E-state index < -0.39 is 10.0 Å². The fraction of sp³-hybridized carbons (Fsp3) is 0.545. The standard InChI is InChI=1S/C11H17BrIN5S/c1-5-17-9(12)8(6-14-17)7-18-10(13)11(15-16-18)19(2,3)4/h6H,5,7H2,1-4H3. The summed E-state index contributed by atoms with van der Waals surface area (Å²) in [6, 6.07) is 0. The third-order valence-electron chi connectivity index (χ3n) is 2.69. The highest BCUT2D eigenvalue weighted by Crippen LogP contribution is 2.45. The fourth-order valence-electron chi connectivity index (χ4n) is 1.66. The van der Waals surface area contributed by atoms with Crippen molar-refractivity contribution in [3.63, 3.8) is 0 Å². The molecule has 2 aromatic heterocycles. The van der Waals surface area contributed by atoms with E-state index in [2.05, 4.69) is 79.6 Å². The van der Waals surface area contributed by atoms with Crippen molar-refractivity contribution >= 4 is 48.5 Å². The summed E-state index contributed by atoms with van der Waals surface area (Å²) in [5.74, 6) is 0. The van der Waals surface area contributed by atoms with Crippen LogP contribution >= 0.6 is 48.5 Å². The molecule has 0 radical (unpaired) electrons. The SMILES string of the molecule is CCn1ncc(Cn2nnc(S(C)(C)C)c2I)c1Br. The molecule has 0 aromatic carbocycles. The van der Waals surface area contributed by atoms with Crippen LogP contribution in [0.25, 0.3) is 0 Å². The Morgan fingerprint density at radius 1 is 1.32 bits per heavy atom. The number of aryl methyl sites for hydroxylation is 1. The van der Waals surface area contributed by atoms with Crippen LogP contribution < -0.4 is 0 Å². The molecule has 0 aliphatic heterocycles. The molecule has 0 aliphatic rings. The summed E-state index contributed by atoms with van der Waals surface area (Å²) >= 11 is 5.91. The average molecular weight is 458 g/mol. The first-order chi connectivity index (χ1) is 8.84. The van der Waals surface area contributed by atoms with Crippen molar-refractivity contribution < 1.29 is 0 Å². The van der Waals surface area contributed by atoms with E-state index in [-0.39, 0.29) is 0 Å². The highest BCUT2D eigenvalue weighted by atomic mass is 127. The van der Waals surface area contributed by atoms with E-state index in [1.807, 2.05) is 15.6 Å². The van der Waals surface area contributed by atoms with Gasteiger partial charge in [-0.05, 0) is 64.2 Å². The van der Waals surface area contributed by atoms with Crippen molar-refractivity contribution in [1.29, 1.82) is 0 Å². The molecule has 2 aromatic rings. The number of aromatic nitrogens is 5. The number of halogens is 2. The summed E-state index contributed by atoms with van der Waals surface area (Å²) < 4.78 is 6.01. The Labute approximate surface area is 136 Å². The van der Waals surface area contributed by atoms with Crippen LogP contribution in [-0.4, -0.2) is 43.5 Å². The Morgan fingerprint density at radius 2 is 2.00 bits per heavy atom. The van der Waals surface area contributed by atoms with Crippen molar-refractivity contribution in [3.05, 3.63) is 20.1 Å². The van der Waals surface area contributed by atoms with Gasteiger partial charge in [0.1, 0.15) is 13.3 Å². The van der Waals surface area contributed by atoms with Gasteiger partial charge in [0, 0.05) is 12.1 Å². The molecule has 0 saturated carbocycles. The molecular formula is C11H17BrIN5S. The highest BCUT2D eigenvalue weighted by Gasteiger charge is 2.20. The van der Waals surface area contributed by atoms with E-state index >= 15 is 0 Å². The van der Waals surface area contributed by atoms with Gasteiger partial charge >= 0.3 is 0 Å². The Bertz CT molecular complexity index is 586. The molecule has 0 saturated heterocycles. The van der Waals surface area contributed by atoms with Crippen LogP contribution in [0.1, 0.15) is 12.5 Å². The summed E-state index contributed by atoms with van der Waals surface area (Å²) in [6.07, 6.45) is 8.58. The monoisotopic (exact) mass is 457 g/mol. The zero-order valence-electron chi connectivity index (χ0n) is 11.4. The average Bonchev–Trinajstić information content (AvgIpc) is 2.85. The van der Waals surface area contributed by atoms with Gasteiger partial charge in [-0.2, -0.15) is 5.10 Å². The van der Waals surface area contributed by atoms with Gasteiger partial charge in [-0.15, -0.1) is 5.10 Å². The van der Waals surface area contributed by atoms with Gasteiger partial charge in [0.2, 0.25) is 0 Å². The molecule has 5 nitrogen and oxygen atoms in total. The molecule has 0 N–H and O–H groups in total. The Hall–Kier alpha value is -0.0900. The van der Waals surface area contributed by atoms with Gasteiger partial charge in [-0.1, -0.05) is 5.21 Å². The molecule has 0 atom stereocenters. The first kappa shape index (κ1) is 15.3. The molecule has 0 aliphatic carbocycles. The molecule has 0 spiro atoms. The van der Waals surface area contributed by atoms with Crippen molar-refractivity contribution in [1.82, 2.24) is 24.8 Å². The molecule has 8 heteroatoms. The molecule has 0 amide bonds. The third kappa shape index (κ3) is 3.15. The van der Waals surface area contributed by atoms with Crippen LogP contribution in [0.2, 0.25) is 0 Å². The Morgan fingerprint density at radius 3 is 2.47 bits per heavy atom. The van der Waals surface area contributed by atoms with Crippen LogP contribution in [0, 0.1) is 3.70 Å². The molecule has 2 heterocycles. The predicted molar refractivity (Wildman–Crippen MR) is 91.1 cm³/mol.